The summed E-state index contributed by atoms with van der Waals surface area (Å²) in [4.78, 5) is 34.3. The number of nitrogens with one attached hydrogen (secondary N) is 1. The second-order valence-corrected chi connectivity index (χ2v) is 7.95. The molecule has 1 aromatic carbocycles. The monoisotopic (exact) mass is 438 g/mol. The van der Waals surface area contributed by atoms with Crippen molar-refractivity contribution < 1.29 is 9.18 Å². The van der Waals surface area contributed by atoms with Crippen molar-refractivity contribution in [2.75, 3.05) is 0 Å². The van der Waals surface area contributed by atoms with E-state index in [9.17, 15) is 14.0 Å². The Hall–Kier alpha value is -3.66. The predicted octanol–water partition coefficient (Wildman–Crippen LogP) is 2.62. The van der Waals surface area contributed by atoms with Crippen LogP contribution < -0.4 is 11.0 Å². The molecule has 0 atom stereocenters. The quantitative estimate of drug-likeness (QED) is 0.499. The van der Waals surface area contributed by atoms with Gasteiger partial charge in [-0.3, -0.25) is 9.78 Å². The van der Waals surface area contributed by atoms with Crippen LogP contribution in [0, 0.1) is 19.7 Å². The summed E-state index contributed by atoms with van der Waals surface area (Å²) in [5, 5.41) is 7.32. The summed E-state index contributed by atoms with van der Waals surface area (Å²) in [5.41, 5.74) is 2.67. The number of aryl methyl sites for hydroxylation is 2. The first-order valence-corrected chi connectivity index (χ1v) is 10.3. The Kier molecular flexibility index (Phi) is 5.72. The lowest BCUT2D eigenvalue weighted by molar-refractivity contribution is 0.0954. The predicted molar refractivity (Wildman–Crippen MR) is 114 cm³/mol. The minimum atomic E-state index is -0.393. The maximum absolute atomic E-state index is 13.1. The third kappa shape index (κ3) is 4.58. The van der Waals surface area contributed by atoms with Crippen LogP contribution in [0.2, 0.25) is 0 Å². The third-order valence-electron chi connectivity index (χ3n) is 4.60. The van der Waals surface area contributed by atoms with Gasteiger partial charge in [0.2, 0.25) is 0 Å². The molecule has 4 aromatic rings. The average molecular weight is 438 g/mol. The molecule has 0 aliphatic carbocycles. The lowest BCUT2D eigenvalue weighted by atomic mass is 10.2. The van der Waals surface area contributed by atoms with Crippen molar-refractivity contribution in [1.29, 1.82) is 0 Å². The summed E-state index contributed by atoms with van der Waals surface area (Å²) < 4.78 is 15.6. The Morgan fingerprint density at radius 1 is 1.13 bits per heavy atom. The Balaban J connectivity index is 1.50. The van der Waals surface area contributed by atoms with E-state index in [4.69, 9.17) is 0 Å². The molecule has 0 unspecified atom stereocenters. The molecule has 0 saturated heterocycles. The van der Waals surface area contributed by atoms with Crippen molar-refractivity contribution in [3.8, 4) is 5.13 Å². The molecule has 0 radical (unpaired) electrons. The van der Waals surface area contributed by atoms with Crippen molar-refractivity contribution in [3.63, 3.8) is 0 Å². The summed E-state index contributed by atoms with van der Waals surface area (Å²) in [7, 11) is 0. The van der Waals surface area contributed by atoms with Gasteiger partial charge in [0, 0.05) is 18.4 Å². The zero-order valence-corrected chi connectivity index (χ0v) is 17.7. The van der Waals surface area contributed by atoms with Gasteiger partial charge in [0.25, 0.3) is 5.91 Å². The van der Waals surface area contributed by atoms with Gasteiger partial charge in [-0.2, -0.15) is 5.10 Å². The molecule has 31 heavy (non-hydrogen) atoms. The number of hydrogen-bond donors (Lipinski definition) is 1. The molecular weight excluding hydrogens is 419 g/mol. The number of nitrogens with zero attached hydrogens (tertiary/aromatic N) is 5. The molecule has 0 aliphatic heterocycles. The van der Waals surface area contributed by atoms with Crippen LogP contribution in [0.1, 0.15) is 32.2 Å². The van der Waals surface area contributed by atoms with Crippen LogP contribution in [0.4, 0.5) is 4.39 Å². The number of thiazole rings is 1. The molecule has 8 nitrogen and oxygen atoms in total. The highest BCUT2D eigenvalue weighted by molar-refractivity contribution is 7.16. The highest BCUT2D eigenvalue weighted by Crippen LogP contribution is 2.20. The van der Waals surface area contributed by atoms with Gasteiger partial charge in [0.05, 0.1) is 12.2 Å². The summed E-state index contributed by atoms with van der Waals surface area (Å²) in [6.07, 6.45) is 3.08. The van der Waals surface area contributed by atoms with E-state index in [2.05, 4.69) is 20.4 Å². The normalized spacial score (nSPS) is 10.9. The second kappa shape index (κ2) is 8.60. The standard InChI is InChI=1S/C21H19FN6O2S/c1-13-3-4-16(9-23-13)10-24-19(29)18-14(2)26-20(31-18)27-12-25-28(21(27)30)11-15-5-7-17(22)8-6-15/h3-9,12H,10-11H2,1-2H3,(H,24,29). The maximum atomic E-state index is 13.1. The molecular formula is C21H19FN6O2S. The van der Waals surface area contributed by atoms with Crippen molar-refractivity contribution in [2.24, 2.45) is 0 Å². The fourth-order valence-electron chi connectivity index (χ4n) is 2.90. The van der Waals surface area contributed by atoms with Crippen LogP contribution in [-0.2, 0) is 13.1 Å². The lowest BCUT2D eigenvalue weighted by Gasteiger charge is -2.04. The van der Waals surface area contributed by atoms with E-state index >= 15 is 0 Å². The Bertz CT molecular complexity index is 1270. The molecule has 0 spiro atoms. The Morgan fingerprint density at radius 2 is 1.87 bits per heavy atom. The third-order valence-corrected chi connectivity index (χ3v) is 5.76. The number of benzene rings is 1. The molecule has 1 N–H and O–H groups in total. The zero-order chi connectivity index (χ0) is 22.0. The van der Waals surface area contributed by atoms with Crippen molar-refractivity contribution >= 4 is 17.2 Å². The second-order valence-electron chi connectivity index (χ2n) is 6.97. The summed E-state index contributed by atoms with van der Waals surface area (Å²) in [6.45, 7) is 4.16. The van der Waals surface area contributed by atoms with E-state index in [1.165, 1.54) is 27.7 Å². The SMILES string of the molecule is Cc1ccc(CNC(=O)c2sc(-n3cnn(Cc4ccc(F)cc4)c3=O)nc2C)cn1. The lowest BCUT2D eigenvalue weighted by Crippen LogP contribution is -2.24. The molecule has 0 fully saturated rings. The Morgan fingerprint density at radius 3 is 2.58 bits per heavy atom. The molecule has 0 saturated carbocycles. The smallest absolute Gasteiger partial charge is 0.347 e. The molecule has 4 rings (SSSR count). The van der Waals surface area contributed by atoms with Crippen molar-refractivity contribution in [1.82, 2.24) is 29.6 Å². The highest BCUT2D eigenvalue weighted by Gasteiger charge is 2.18. The number of hydrogen-bond acceptors (Lipinski definition) is 6. The zero-order valence-electron chi connectivity index (χ0n) is 16.9. The van der Waals surface area contributed by atoms with E-state index in [1.54, 1.807) is 25.3 Å². The van der Waals surface area contributed by atoms with Gasteiger partial charge in [-0.05, 0) is 43.2 Å². The van der Waals surface area contributed by atoms with Gasteiger partial charge in [-0.25, -0.2) is 23.4 Å². The van der Waals surface area contributed by atoms with Gasteiger partial charge < -0.3 is 5.32 Å². The molecule has 1 amide bonds. The van der Waals surface area contributed by atoms with Gasteiger partial charge in [0.15, 0.2) is 5.13 Å². The van der Waals surface area contributed by atoms with Crippen LogP contribution in [0.5, 0.6) is 0 Å². The molecule has 3 aromatic heterocycles. The van der Waals surface area contributed by atoms with E-state index in [0.717, 1.165) is 28.2 Å². The fourth-order valence-corrected chi connectivity index (χ4v) is 3.85. The van der Waals surface area contributed by atoms with E-state index < -0.39 is 5.69 Å². The molecule has 0 bridgehead atoms. The number of rotatable bonds is 6. The first kappa shape index (κ1) is 20.6. The number of amides is 1. The molecule has 158 valence electrons. The fraction of sp³-hybridized carbons (Fsp3) is 0.190. The van der Waals surface area contributed by atoms with Gasteiger partial charge >= 0.3 is 5.69 Å². The van der Waals surface area contributed by atoms with Gasteiger partial charge in [-0.15, -0.1) is 0 Å². The van der Waals surface area contributed by atoms with Gasteiger partial charge in [-0.1, -0.05) is 29.5 Å². The van der Waals surface area contributed by atoms with Crippen molar-refractivity contribution in [2.45, 2.75) is 26.9 Å². The van der Waals surface area contributed by atoms with E-state index in [-0.39, 0.29) is 18.3 Å². The Labute approximate surface area is 181 Å². The minimum absolute atomic E-state index is 0.203. The largest absolute Gasteiger partial charge is 0.352 e. The minimum Gasteiger partial charge on any atom is -0.347 e. The van der Waals surface area contributed by atoms with Crippen LogP contribution in [-0.4, -0.2) is 30.2 Å². The number of carbonyl (C=O) groups excluding carboxylic acids is 1. The molecule has 10 heteroatoms. The molecule has 3 heterocycles. The first-order chi connectivity index (χ1) is 14.9. The maximum Gasteiger partial charge on any atom is 0.352 e. The highest BCUT2D eigenvalue weighted by atomic mass is 32.1. The van der Waals surface area contributed by atoms with Crippen LogP contribution in [0.3, 0.4) is 0 Å². The van der Waals surface area contributed by atoms with Gasteiger partial charge in [0.1, 0.15) is 17.0 Å². The summed E-state index contributed by atoms with van der Waals surface area (Å²) in [6, 6.07) is 9.65. The topological polar surface area (TPSA) is 94.7 Å². The summed E-state index contributed by atoms with van der Waals surface area (Å²) in [5.74, 6) is -0.613. The van der Waals surface area contributed by atoms with E-state index in [0.29, 0.717) is 22.2 Å². The first-order valence-electron chi connectivity index (χ1n) is 9.47. The number of aromatic nitrogens is 5. The van der Waals surface area contributed by atoms with Crippen molar-refractivity contribution in [3.05, 3.63) is 92.6 Å². The van der Waals surface area contributed by atoms with Crippen LogP contribution >= 0.6 is 11.3 Å². The van der Waals surface area contributed by atoms with Crippen LogP contribution in [0.25, 0.3) is 5.13 Å². The number of halogens is 1. The molecule has 0 aliphatic rings. The summed E-state index contributed by atoms with van der Waals surface area (Å²) >= 11 is 1.12. The number of pyridine rings is 1. The number of carbonyl (C=O) groups is 1. The van der Waals surface area contributed by atoms with E-state index in [1.807, 2.05) is 19.1 Å². The van der Waals surface area contributed by atoms with Crippen LogP contribution in [0.15, 0.2) is 53.7 Å². The average Bonchev–Trinajstić information content (AvgIpc) is 3.31.